The molecule has 2 aromatic carbocycles. The molecular formula is C19H20N4O3. The van der Waals surface area contributed by atoms with Crippen molar-refractivity contribution in [2.24, 2.45) is 0 Å². The molecule has 0 aliphatic carbocycles. The third-order valence-corrected chi connectivity index (χ3v) is 4.08. The number of nitrogens with one attached hydrogen (secondary N) is 1. The quantitative estimate of drug-likeness (QED) is 0.708. The van der Waals surface area contributed by atoms with Gasteiger partial charge < -0.3 is 19.9 Å². The van der Waals surface area contributed by atoms with Crippen molar-refractivity contribution < 1.29 is 14.7 Å². The number of carboxylic acids is 1. The van der Waals surface area contributed by atoms with Gasteiger partial charge in [-0.2, -0.15) is 0 Å². The third kappa shape index (κ3) is 3.51. The maximum absolute atomic E-state index is 12.6. The minimum Gasteiger partial charge on any atom is -0.480 e. The molecule has 0 spiro atoms. The summed E-state index contributed by atoms with van der Waals surface area (Å²) in [5.41, 5.74) is 3.56. The molecule has 0 aliphatic heterocycles. The molecule has 1 heterocycles. The fraction of sp³-hybridized carbons (Fsp3) is 0.211. The molecule has 1 amide bonds. The van der Waals surface area contributed by atoms with Gasteiger partial charge >= 0.3 is 5.97 Å². The summed E-state index contributed by atoms with van der Waals surface area (Å²) in [5, 5.41) is 11.3. The summed E-state index contributed by atoms with van der Waals surface area (Å²) < 4.78 is 1.97. The molecule has 0 radical (unpaired) electrons. The number of aromatic nitrogens is 2. The van der Waals surface area contributed by atoms with E-state index in [0.717, 1.165) is 11.1 Å². The summed E-state index contributed by atoms with van der Waals surface area (Å²) in [6.07, 6.45) is 1.70. The SMILES string of the molecule is CN(C)c1ccc2c(ncn2Cc2ccccc2)c1C(=O)NCC(=O)O. The standard InChI is InChI=1S/C19H20N4O3/c1-22(2)14-8-9-15-18(17(14)19(26)20-10-16(24)25)21-12-23(15)11-13-6-4-3-5-7-13/h3-9,12H,10-11H2,1-2H3,(H,20,26)(H,24,25). The highest BCUT2D eigenvalue weighted by molar-refractivity contribution is 6.10. The minimum atomic E-state index is -1.09. The molecule has 0 aliphatic rings. The zero-order chi connectivity index (χ0) is 18.7. The van der Waals surface area contributed by atoms with Crippen molar-refractivity contribution in [2.45, 2.75) is 6.54 Å². The number of hydrogen-bond donors (Lipinski definition) is 2. The number of nitrogens with zero attached hydrogens (tertiary/aromatic N) is 3. The van der Waals surface area contributed by atoms with Crippen LogP contribution in [-0.2, 0) is 11.3 Å². The van der Waals surface area contributed by atoms with Crippen LogP contribution in [0.2, 0.25) is 0 Å². The van der Waals surface area contributed by atoms with Crippen LogP contribution >= 0.6 is 0 Å². The first-order valence-electron chi connectivity index (χ1n) is 8.16. The zero-order valence-electron chi connectivity index (χ0n) is 14.6. The maximum Gasteiger partial charge on any atom is 0.322 e. The average molecular weight is 352 g/mol. The van der Waals surface area contributed by atoms with Crippen LogP contribution in [0.4, 0.5) is 5.69 Å². The molecule has 3 rings (SSSR count). The lowest BCUT2D eigenvalue weighted by atomic mass is 10.1. The number of fused-ring (bicyclic) bond motifs is 1. The predicted octanol–water partition coefficient (Wildman–Crippen LogP) is 1.97. The largest absolute Gasteiger partial charge is 0.480 e. The lowest BCUT2D eigenvalue weighted by Gasteiger charge is -2.17. The smallest absolute Gasteiger partial charge is 0.322 e. The second-order valence-electron chi connectivity index (χ2n) is 6.16. The van der Waals surface area contributed by atoms with Crippen molar-refractivity contribution in [3.8, 4) is 0 Å². The van der Waals surface area contributed by atoms with Gasteiger partial charge in [0.15, 0.2) is 0 Å². The Hall–Kier alpha value is -3.35. The monoisotopic (exact) mass is 352 g/mol. The summed E-state index contributed by atoms with van der Waals surface area (Å²) >= 11 is 0. The van der Waals surface area contributed by atoms with Gasteiger partial charge in [0.2, 0.25) is 0 Å². The summed E-state index contributed by atoms with van der Waals surface area (Å²) in [6.45, 7) is 0.196. The number of carboxylic acid groups (broad SMARTS) is 1. The number of amides is 1. The molecule has 2 N–H and O–H groups in total. The van der Waals surface area contributed by atoms with E-state index >= 15 is 0 Å². The van der Waals surface area contributed by atoms with Gasteiger partial charge in [0, 0.05) is 20.6 Å². The predicted molar refractivity (Wildman–Crippen MR) is 99.6 cm³/mol. The van der Waals surface area contributed by atoms with E-state index in [0.29, 0.717) is 23.3 Å². The van der Waals surface area contributed by atoms with Gasteiger partial charge in [-0.25, -0.2) is 4.98 Å². The van der Waals surface area contributed by atoms with E-state index in [1.165, 1.54) is 0 Å². The van der Waals surface area contributed by atoms with Crippen LogP contribution in [0, 0.1) is 0 Å². The Morgan fingerprint density at radius 2 is 1.88 bits per heavy atom. The van der Waals surface area contributed by atoms with Gasteiger partial charge in [0.1, 0.15) is 12.1 Å². The van der Waals surface area contributed by atoms with E-state index < -0.39 is 18.4 Å². The van der Waals surface area contributed by atoms with Crippen LogP contribution in [-0.4, -0.2) is 47.2 Å². The van der Waals surface area contributed by atoms with Gasteiger partial charge in [-0.1, -0.05) is 30.3 Å². The fourth-order valence-corrected chi connectivity index (χ4v) is 2.87. The first-order valence-corrected chi connectivity index (χ1v) is 8.16. The molecule has 1 aromatic heterocycles. The highest BCUT2D eigenvalue weighted by Gasteiger charge is 2.20. The average Bonchev–Trinajstić information content (AvgIpc) is 3.02. The Morgan fingerprint density at radius 1 is 1.15 bits per heavy atom. The highest BCUT2D eigenvalue weighted by atomic mass is 16.4. The van der Waals surface area contributed by atoms with Gasteiger partial charge in [-0.3, -0.25) is 9.59 Å². The molecule has 3 aromatic rings. The van der Waals surface area contributed by atoms with Gasteiger partial charge in [-0.05, 0) is 17.7 Å². The van der Waals surface area contributed by atoms with Crippen molar-refractivity contribution in [1.82, 2.24) is 14.9 Å². The third-order valence-electron chi connectivity index (χ3n) is 4.08. The van der Waals surface area contributed by atoms with E-state index in [9.17, 15) is 9.59 Å². The van der Waals surface area contributed by atoms with Crippen molar-refractivity contribution in [2.75, 3.05) is 25.5 Å². The van der Waals surface area contributed by atoms with E-state index in [4.69, 9.17) is 5.11 Å². The van der Waals surface area contributed by atoms with Gasteiger partial charge in [0.05, 0.1) is 23.1 Å². The lowest BCUT2D eigenvalue weighted by Crippen LogP contribution is -2.30. The number of carbonyl (C=O) groups excluding carboxylic acids is 1. The molecule has 0 atom stereocenters. The summed E-state index contributed by atoms with van der Waals surface area (Å²) in [6, 6.07) is 13.7. The van der Waals surface area contributed by atoms with E-state index in [2.05, 4.69) is 10.3 Å². The molecule has 0 saturated carbocycles. The maximum atomic E-state index is 12.6. The molecule has 0 unspecified atom stereocenters. The van der Waals surface area contributed by atoms with Crippen LogP contribution in [0.5, 0.6) is 0 Å². The Kier molecular flexibility index (Phi) is 4.88. The normalized spacial score (nSPS) is 10.7. The molecule has 26 heavy (non-hydrogen) atoms. The van der Waals surface area contributed by atoms with Crippen molar-refractivity contribution >= 4 is 28.6 Å². The molecule has 134 valence electrons. The Labute approximate surface area is 150 Å². The molecule has 7 heteroatoms. The number of carbonyl (C=O) groups is 2. The van der Waals surface area contributed by atoms with Crippen LogP contribution in [0.15, 0.2) is 48.8 Å². The van der Waals surface area contributed by atoms with Crippen LogP contribution in [0.1, 0.15) is 15.9 Å². The van der Waals surface area contributed by atoms with E-state index in [1.807, 2.05) is 66.0 Å². The summed E-state index contributed by atoms with van der Waals surface area (Å²) in [7, 11) is 3.66. The number of imidazole rings is 1. The second kappa shape index (κ2) is 7.26. The Balaban J connectivity index is 2.04. The first kappa shape index (κ1) is 17.5. The topological polar surface area (TPSA) is 87.5 Å². The first-order chi connectivity index (χ1) is 12.5. The molecule has 0 saturated heterocycles. The molecule has 0 bridgehead atoms. The number of rotatable bonds is 6. The molecular weight excluding hydrogens is 332 g/mol. The lowest BCUT2D eigenvalue weighted by molar-refractivity contribution is -0.135. The van der Waals surface area contributed by atoms with Gasteiger partial charge in [0.25, 0.3) is 5.91 Å². The highest BCUT2D eigenvalue weighted by Crippen LogP contribution is 2.27. The number of anilines is 1. The fourth-order valence-electron chi connectivity index (χ4n) is 2.87. The van der Waals surface area contributed by atoms with E-state index in [1.54, 1.807) is 6.33 Å². The van der Waals surface area contributed by atoms with Crippen LogP contribution < -0.4 is 10.2 Å². The van der Waals surface area contributed by atoms with Crippen molar-refractivity contribution in [1.29, 1.82) is 0 Å². The van der Waals surface area contributed by atoms with Crippen LogP contribution in [0.25, 0.3) is 11.0 Å². The second-order valence-corrected chi connectivity index (χ2v) is 6.16. The van der Waals surface area contributed by atoms with Crippen LogP contribution in [0.3, 0.4) is 0 Å². The number of aliphatic carboxylic acids is 1. The Morgan fingerprint density at radius 3 is 2.54 bits per heavy atom. The van der Waals surface area contributed by atoms with E-state index in [-0.39, 0.29) is 0 Å². The number of benzene rings is 2. The van der Waals surface area contributed by atoms with Crippen molar-refractivity contribution in [3.05, 3.63) is 59.9 Å². The molecule has 0 fully saturated rings. The Bertz CT molecular complexity index is 948. The van der Waals surface area contributed by atoms with Crippen molar-refractivity contribution in [3.63, 3.8) is 0 Å². The minimum absolute atomic E-state index is 0.376. The summed E-state index contributed by atoms with van der Waals surface area (Å²) in [5.74, 6) is -1.54. The number of hydrogen-bond acceptors (Lipinski definition) is 4. The molecule has 7 nitrogen and oxygen atoms in total. The van der Waals surface area contributed by atoms with Gasteiger partial charge in [-0.15, -0.1) is 0 Å². The summed E-state index contributed by atoms with van der Waals surface area (Å²) in [4.78, 5) is 29.6. The zero-order valence-corrected chi connectivity index (χ0v) is 14.6.